The van der Waals surface area contributed by atoms with Gasteiger partial charge in [-0.3, -0.25) is 9.89 Å². The third-order valence-corrected chi connectivity index (χ3v) is 7.44. The fraction of sp³-hybridized carbons (Fsp3) is 0.211. The maximum Gasteiger partial charge on any atom is 0.243 e. The minimum Gasteiger partial charge on any atom is -0.354 e. The highest BCUT2D eigenvalue weighted by Crippen LogP contribution is 2.23. The molecule has 1 amide bonds. The van der Waals surface area contributed by atoms with Crippen LogP contribution >= 0.6 is 35.0 Å². The molecule has 1 heterocycles. The van der Waals surface area contributed by atoms with Gasteiger partial charge in [-0.05, 0) is 35.9 Å². The highest BCUT2D eigenvalue weighted by Gasteiger charge is 2.27. The first-order valence-corrected chi connectivity index (χ1v) is 12.3. The maximum atomic E-state index is 13.2. The fourth-order valence-corrected chi connectivity index (χ4v) is 4.95. The molecule has 3 aromatic rings. The number of carbonyl (C=O) groups is 1. The molecule has 0 bridgehead atoms. The van der Waals surface area contributed by atoms with Gasteiger partial charge in [-0.2, -0.15) is 9.40 Å². The van der Waals surface area contributed by atoms with E-state index in [1.54, 1.807) is 24.3 Å². The van der Waals surface area contributed by atoms with Crippen LogP contribution in [0.15, 0.2) is 64.9 Å². The molecule has 3 rings (SSSR count). The van der Waals surface area contributed by atoms with Gasteiger partial charge in [0.15, 0.2) is 5.16 Å². The van der Waals surface area contributed by atoms with Gasteiger partial charge in [0.1, 0.15) is 6.33 Å². The molecule has 0 radical (unpaired) electrons. The Morgan fingerprint density at radius 3 is 2.55 bits per heavy atom. The molecule has 0 saturated heterocycles. The molecule has 0 saturated carbocycles. The minimum absolute atomic E-state index is 0.0395. The third kappa shape index (κ3) is 6.68. The van der Waals surface area contributed by atoms with E-state index in [4.69, 9.17) is 23.2 Å². The molecule has 0 fully saturated rings. The van der Waals surface area contributed by atoms with Crippen LogP contribution in [0, 0.1) is 0 Å². The van der Waals surface area contributed by atoms with Crippen LogP contribution in [0.4, 0.5) is 0 Å². The summed E-state index contributed by atoms with van der Waals surface area (Å²) in [7, 11) is -3.97. The number of nitrogens with one attached hydrogen (secondary N) is 2. The van der Waals surface area contributed by atoms with E-state index in [1.165, 1.54) is 42.4 Å². The van der Waals surface area contributed by atoms with E-state index in [1.807, 2.05) is 0 Å². The summed E-state index contributed by atoms with van der Waals surface area (Å²) in [6, 6.07) is 12.7. The van der Waals surface area contributed by atoms with Gasteiger partial charge in [0.25, 0.3) is 0 Å². The van der Waals surface area contributed by atoms with Crippen molar-refractivity contribution in [2.24, 2.45) is 0 Å². The molecule has 0 aliphatic carbocycles. The minimum atomic E-state index is -3.97. The van der Waals surface area contributed by atoms with E-state index < -0.39 is 15.9 Å². The molecule has 1 aromatic heterocycles. The van der Waals surface area contributed by atoms with Crippen molar-refractivity contribution < 1.29 is 13.2 Å². The number of rotatable bonds is 10. The Morgan fingerprint density at radius 2 is 1.87 bits per heavy atom. The smallest absolute Gasteiger partial charge is 0.243 e. The first kappa shape index (κ1) is 23.6. The summed E-state index contributed by atoms with van der Waals surface area (Å²) in [5.41, 5.74) is 0.593. The summed E-state index contributed by atoms with van der Waals surface area (Å²) >= 11 is 13.5. The Labute approximate surface area is 194 Å². The standard InChI is InChI=1S/C19H19Cl2N5O3S2/c20-15-5-7-16(8-6-15)31(28,29)26(11-14-3-1-2-4-17(14)21)12-18(27)22-9-10-30-19-23-13-24-25-19/h1-8,13H,9-12H2,(H,22,27)(H,23,24,25). The van der Waals surface area contributed by atoms with E-state index in [-0.39, 0.29) is 18.0 Å². The molecule has 2 aromatic carbocycles. The lowest BCUT2D eigenvalue weighted by Crippen LogP contribution is -2.41. The summed E-state index contributed by atoms with van der Waals surface area (Å²) in [5.74, 6) is 0.123. The van der Waals surface area contributed by atoms with E-state index in [2.05, 4.69) is 20.5 Å². The molecule has 0 atom stereocenters. The highest BCUT2D eigenvalue weighted by molar-refractivity contribution is 7.99. The molecule has 0 unspecified atom stereocenters. The monoisotopic (exact) mass is 499 g/mol. The zero-order valence-corrected chi connectivity index (χ0v) is 19.3. The molecule has 2 N–H and O–H groups in total. The number of aromatic amines is 1. The summed E-state index contributed by atoms with van der Waals surface area (Å²) < 4.78 is 27.5. The normalized spacial score (nSPS) is 11.6. The maximum absolute atomic E-state index is 13.2. The van der Waals surface area contributed by atoms with Crippen molar-refractivity contribution >= 4 is 50.9 Å². The number of sulfonamides is 1. The second kappa shape index (κ2) is 11.0. The molecule has 164 valence electrons. The van der Waals surface area contributed by atoms with Crippen molar-refractivity contribution in [2.75, 3.05) is 18.8 Å². The predicted octanol–water partition coefficient (Wildman–Crippen LogP) is 3.21. The van der Waals surface area contributed by atoms with E-state index >= 15 is 0 Å². The molecule has 12 heteroatoms. The van der Waals surface area contributed by atoms with Crippen molar-refractivity contribution in [1.82, 2.24) is 24.8 Å². The van der Waals surface area contributed by atoms with Gasteiger partial charge in [0.05, 0.1) is 11.4 Å². The summed E-state index contributed by atoms with van der Waals surface area (Å²) in [6.07, 6.45) is 1.40. The topological polar surface area (TPSA) is 108 Å². The van der Waals surface area contributed by atoms with Gasteiger partial charge < -0.3 is 5.32 Å². The number of hydrogen-bond acceptors (Lipinski definition) is 6. The van der Waals surface area contributed by atoms with E-state index in [0.29, 0.717) is 33.1 Å². The Morgan fingerprint density at radius 1 is 1.13 bits per heavy atom. The second-order valence-corrected chi connectivity index (χ2v) is 10.2. The van der Waals surface area contributed by atoms with Crippen molar-refractivity contribution in [3.05, 3.63) is 70.5 Å². The Balaban J connectivity index is 1.71. The number of aromatic nitrogens is 3. The van der Waals surface area contributed by atoms with Crippen LogP contribution < -0.4 is 5.32 Å². The van der Waals surface area contributed by atoms with Gasteiger partial charge in [-0.1, -0.05) is 53.2 Å². The zero-order valence-electron chi connectivity index (χ0n) is 16.2. The number of nitrogens with zero attached hydrogens (tertiary/aromatic N) is 3. The van der Waals surface area contributed by atoms with Gasteiger partial charge in [0, 0.05) is 28.9 Å². The number of amides is 1. The SMILES string of the molecule is O=C(CN(Cc1ccccc1Cl)S(=O)(=O)c1ccc(Cl)cc1)NCCSc1ncn[nH]1. The van der Waals surface area contributed by atoms with Crippen molar-refractivity contribution in [2.45, 2.75) is 16.6 Å². The van der Waals surface area contributed by atoms with E-state index in [9.17, 15) is 13.2 Å². The molecule has 0 aliphatic heterocycles. The number of hydrogen-bond donors (Lipinski definition) is 2. The number of benzene rings is 2. The van der Waals surface area contributed by atoms with Crippen molar-refractivity contribution in [3.8, 4) is 0 Å². The van der Waals surface area contributed by atoms with Gasteiger partial charge in [0.2, 0.25) is 15.9 Å². The largest absolute Gasteiger partial charge is 0.354 e. The lowest BCUT2D eigenvalue weighted by atomic mass is 10.2. The molecule has 0 spiro atoms. The van der Waals surface area contributed by atoms with Crippen molar-refractivity contribution in [3.63, 3.8) is 0 Å². The van der Waals surface area contributed by atoms with Crippen LogP contribution in [0.5, 0.6) is 0 Å². The Hall–Kier alpha value is -2.11. The Kier molecular flexibility index (Phi) is 8.33. The molecule has 31 heavy (non-hydrogen) atoms. The number of carbonyl (C=O) groups excluding carboxylic acids is 1. The van der Waals surface area contributed by atoms with Crippen LogP contribution in [0.25, 0.3) is 0 Å². The van der Waals surface area contributed by atoms with Crippen LogP contribution in [0.1, 0.15) is 5.56 Å². The second-order valence-electron chi connectivity index (χ2n) is 6.31. The summed E-state index contributed by atoms with van der Waals surface area (Å²) in [4.78, 5) is 16.5. The van der Waals surface area contributed by atoms with Crippen LogP contribution in [-0.2, 0) is 21.4 Å². The number of thioether (sulfide) groups is 1. The Bertz CT molecular complexity index is 1110. The van der Waals surface area contributed by atoms with Gasteiger partial charge >= 0.3 is 0 Å². The molecular formula is C19H19Cl2N5O3S2. The van der Waals surface area contributed by atoms with Crippen LogP contribution in [0.3, 0.4) is 0 Å². The average molecular weight is 500 g/mol. The quantitative estimate of drug-likeness (QED) is 0.327. The predicted molar refractivity (Wildman–Crippen MR) is 121 cm³/mol. The highest BCUT2D eigenvalue weighted by atomic mass is 35.5. The third-order valence-electron chi connectivity index (χ3n) is 4.13. The summed E-state index contributed by atoms with van der Waals surface area (Å²) in [5, 5.41) is 10.7. The first-order valence-electron chi connectivity index (χ1n) is 9.10. The zero-order chi connectivity index (χ0) is 22.3. The number of H-pyrrole nitrogens is 1. The van der Waals surface area contributed by atoms with Crippen LogP contribution in [-0.4, -0.2) is 52.7 Å². The number of halogens is 2. The summed E-state index contributed by atoms with van der Waals surface area (Å²) in [6.45, 7) is -0.0703. The average Bonchev–Trinajstić information content (AvgIpc) is 3.26. The first-order chi connectivity index (χ1) is 14.9. The van der Waals surface area contributed by atoms with E-state index in [0.717, 1.165) is 4.31 Å². The lowest BCUT2D eigenvalue weighted by molar-refractivity contribution is -0.121. The van der Waals surface area contributed by atoms with Gasteiger partial charge in [-0.15, -0.1) is 0 Å². The molecule has 0 aliphatic rings. The molecule has 8 nitrogen and oxygen atoms in total. The molecular weight excluding hydrogens is 481 g/mol. The fourth-order valence-electron chi connectivity index (χ4n) is 2.62. The van der Waals surface area contributed by atoms with Crippen molar-refractivity contribution in [1.29, 1.82) is 0 Å². The van der Waals surface area contributed by atoms with Crippen LogP contribution in [0.2, 0.25) is 10.0 Å². The van der Waals surface area contributed by atoms with Gasteiger partial charge in [-0.25, -0.2) is 13.4 Å². The lowest BCUT2D eigenvalue weighted by Gasteiger charge is -2.22.